The van der Waals surface area contributed by atoms with Gasteiger partial charge >= 0.3 is 1.43 Å². The molecule has 32 valence electrons. The van der Waals surface area contributed by atoms with Crippen molar-refractivity contribution >= 4 is 0 Å². The van der Waals surface area contributed by atoms with Crippen molar-refractivity contribution in [3.8, 4) is 0 Å². The lowest BCUT2D eigenvalue weighted by molar-refractivity contribution is 0.113. The second-order valence-corrected chi connectivity index (χ2v) is 0.545. The third-order valence-electron chi connectivity index (χ3n) is 0.117. The lowest BCUT2D eigenvalue weighted by Gasteiger charge is -1.78. The van der Waals surface area contributed by atoms with Gasteiger partial charge in [0.15, 0.2) is 6.67 Å². The number of alkyl halides is 3. The molecular formula is C2H4F3+. The summed E-state index contributed by atoms with van der Waals surface area (Å²) in [5.74, 6) is 0. The van der Waals surface area contributed by atoms with E-state index in [0.717, 1.165) is 0 Å². The summed E-state index contributed by atoms with van der Waals surface area (Å²) in [5, 5.41) is 0. The highest BCUT2D eigenvalue weighted by Crippen LogP contribution is 1.88. The lowest BCUT2D eigenvalue weighted by atomic mass is 10.8. The Hall–Kier alpha value is -0.210. The summed E-state index contributed by atoms with van der Waals surface area (Å²) >= 11 is 0. The molecule has 0 saturated heterocycles. The van der Waals surface area contributed by atoms with E-state index in [-0.39, 0.29) is 1.43 Å². The van der Waals surface area contributed by atoms with Crippen LogP contribution in [0.4, 0.5) is 13.2 Å². The van der Waals surface area contributed by atoms with Crippen molar-refractivity contribution in [2.45, 2.75) is 6.43 Å². The first kappa shape index (κ1) is 4.79. The maximum atomic E-state index is 10.4. The van der Waals surface area contributed by atoms with Crippen molar-refractivity contribution in [1.29, 1.82) is 0 Å². The van der Waals surface area contributed by atoms with Crippen LogP contribution in [0.1, 0.15) is 1.43 Å². The fourth-order valence-electron chi connectivity index (χ4n) is 0. The van der Waals surface area contributed by atoms with Gasteiger partial charge in [-0.25, -0.2) is 13.2 Å². The Kier molecular flexibility index (Phi) is 1.97. The first-order chi connectivity index (χ1) is 2.27. The third kappa shape index (κ3) is 3.79. The monoisotopic (exact) mass is 85.0 g/mol. The van der Waals surface area contributed by atoms with Gasteiger partial charge in [0.2, 0.25) is 0 Å². The van der Waals surface area contributed by atoms with Gasteiger partial charge in [-0.15, -0.1) is 0 Å². The number of hydrogen-bond acceptors (Lipinski definition) is 0. The maximum Gasteiger partial charge on any atom is 1.00 e. The van der Waals surface area contributed by atoms with Gasteiger partial charge in [0, 0.05) is 0 Å². The Morgan fingerprint density at radius 1 is 1.60 bits per heavy atom. The molecule has 0 unspecified atom stereocenters. The predicted octanol–water partition coefficient (Wildman–Crippen LogP) is 1.33. The zero-order chi connectivity index (χ0) is 4.28. The SMILES string of the molecule is FCC(F)F.[H+]. The van der Waals surface area contributed by atoms with Crippen LogP contribution < -0.4 is 0 Å². The van der Waals surface area contributed by atoms with Crippen LogP contribution in [0.25, 0.3) is 0 Å². The van der Waals surface area contributed by atoms with Crippen LogP contribution in [0.3, 0.4) is 0 Å². The standard InChI is InChI=1S/C2H3F3/c3-1-2(4)5/h2H,1H2/p+1. The Labute approximate surface area is 29.1 Å². The molecule has 0 amide bonds. The largest absolute Gasteiger partial charge is 1.00 e. The van der Waals surface area contributed by atoms with Crippen LogP contribution in [0.2, 0.25) is 0 Å². The Morgan fingerprint density at radius 3 is 1.80 bits per heavy atom. The normalized spacial score (nSPS) is 9.60. The fourth-order valence-corrected chi connectivity index (χ4v) is 0. The minimum Gasteiger partial charge on any atom is -0.245 e. The molecule has 0 aliphatic rings. The topological polar surface area (TPSA) is 0 Å². The van der Waals surface area contributed by atoms with Crippen molar-refractivity contribution in [2.75, 3.05) is 6.67 Å². The van der Waals surface area contributed by atoms with E-state index in [1.54, 1.807) is 0 Å². The van der Waals surface area contributed by atoms with Crippen LogP contribution in [0.5, 0.6) is 0 Å². The smallest absolute Gasteiger partial charge is 0.245 e. The Balaban J connectivity index is 0. The summed E-state index contributed by atoms with van der Waals surface area (Å²) in [5.41, 5.74) is 0. The first-order valence-electron chi connectivity index (χ1n) is 1.11. The van der Waals surface area contributed by atoms with Crippen LogP contribution in [-0.4, -0.2) is 13.1 Å². The summed E-state index contributed by atoms with van der Waals surface area (Å²) in [6, 6.07) is 0. The Morgan fingerprint density at radius 2 is 1.80 bits per heavy atom. The van der Waals surface area contributed by atoms with E-state index in [1.807, 2.05) is 0 Å². The highest BCUT2D eigenvalue weighted by molar-refractivity contribution is 4.23. The predicted molar refractivity (Wildman–Crippen MR) is 13.1 cm³/mol. The van der Waals surface area contributed by atoms with Gasteiger partial charge in [-0.1, -0.05) is 0 Å². The second kappa shape index (κ2) is 2.05. The molecule has 0 rings (SSSR count). The molecule has 0 saturated carbocycles. The van der Waals surface area contributed by atoms with E-state index in [0.29, 0.717) is 0 Å². The van der Waals surface area contributed by atoms with E-state index in [1.165, 1.54) is 0 Å². The van der Waals surface area contributed by atoms with Gasteiger partial charge in [0.1, 0.15) is 0 Å². The molecule has 3 heteroatoms. The number of rotatable bonds is 1. The number of halogens is 3. The molecule has 0 fully saturated rings. The molecule has 0 spiro atoms. The molecule has 5 heavy (non-hydrogen) atoms. The fraction of sp³-hybridized carbons (Fsp3) is 1.00. The molecule has 0 N–H and O–H groups in total. The molecule has 0 aromatic carbocycles. The van der Waals surface area contributed by atoms with Crippen LogP contribution in [-0.2, 0) is 0 Å². The van der Waals surface area contributed by atoms with Crippen molar-refractivity contribution in [3.63, 3.8) is 0 Å². The zero-order valence-corrected chi connectivity index (χ0v) is 2.42. The highest BCUT2D eigenvalue weighted by Gasteiger charge is 1.95. The molecule has 0 bridgehead atoms. The van der Waals surface area contributed by atoms with Gasteiger partial charge in [-0.2, -0.15) is 0 Å². The summed E-state index contributed by atoms with van der Waals surface area (Å²) in [7, 11) is 0. The van der Waals surface area contributed by atoms with Crippen LogP contribution in [0, 0.1) is 0 Å². The van der Waals surface area contributed by atoms with Crippen molar-refractivity contribution in [3.05, 3.63) is 0 Å². The molecule has 0 aliphatic carbocycles. The maximum absolute atomic E-state index is 10.4. The third-order valence-corrected chi connectivity index (χ3v) is 0.117. The molecule has 0 atom stereocenters. The minimum atomic E-state index is -2.78. The van der Waals surface area contributed by atoms with E-state index in [2.05, 4.69) is 0 Å². The lowest BCUT2D eigenvalue weighted by Crippen LogP contribution is -1.88. The van der Waals surface area contributed by atoms with Crippen LogP contribution in [0.15, 0.2) is 0 Å². The summed E-state index contributed by atoms with van der Waals surface area (Å²) in [6.07, 6.45) is -2.78. The molecule has 0 heterocycles. The van der Waals surface area contributed by atoms with Crippen molar-refractivity contribution in [2.24, 2.45) is 0 Å². The van der Waals surface area contributed by atoms with Crippen LogP contribution >= 0.6 is 0 Å². The first-order valence-corrected chi connectivity index (χ1v) is 1.11. The van der Waals surface area contributed by atoms with Gasteiger partial charge in [-0.3, -0.25) is 0 Å². The average Bonchev–Trinajstić information content (AvgIpc) is 1.38. The highest BCUT2D eigenvalue weighted by atomic mass is 19.3. The zero-order valence-electron chi connectivity index (χ0n) is 3.42. The van der Waals surface area contributed by atoms with Gasteiger partial charge in [0.25, 0.3) is 6.43 Å². The van der Waals surface area contributed by atoms with E-state index in [9.17, 15) is 13.2 Å². The molecule has 0 aliphatic heterocycles. The summed E-state index contributed by atoms with van der Waals surface area (Å²) in [6.45, 7) is -1.53. The Bertz CT molecular complexity index is 22.8. The summed E-state index contributed by atoms with van der Waals surface area (Å²) in [4.78, 5) is 0. The van der Waals surface area contributed by atoms with Gasteiger partial charge in [0.05, 0.1) is 0 Å². The molecule has 0 radical (unpaired) electrons. The van der Waals surface area contributed by atoms with Crippen molar-refractivity contribution < 1.29 is 14.6 Å². The number of hydrogen-bond donors (Lipinski definition) is 0. The average molecular weight is 85.0 g/mol. The molecular weight excluding hydrogens is 81.0 g/mol. The second-order valence-electron chi connectivity index (χ2n) is 0.545. The molecule has 0 nitrogen and oxygen atoms in total. The molecule has 0 aromatic heterocycles. The summed E-state index contributed by atoms with van der Waals surface area (Å²) < 4.78 is 31.1. The quantitative estimate of drug-likeness (QED) is 0.450. The van der Waals surface area contributed by atoms with Gasteiger partial charge < -0.3 is 0 Å². The van der Waals surface area contributed by atoms with E-state index < -0.39 is 13.1 Å². The van der Waals surface area contributed by atoms with E-state index >= 15 is 0 Å². The van der Waals surface area contributed by atoms with Gasteiger partial charge in [-0.05, 0) is 0 Å². The molecule has 0 aromatic rings. The van der Waals surface area contributed by atoms with Crippen molar-refractivity contribution in [1.82, 2.24) is 0 Å². The van der Waals surface area contributed by atoms with E-state index in [4.69, 9.17) is 0 Å². The minimum absolute atomic E-state index is 0.